The Hall–Kier alpha value is -0.780. The second-order valence-electron chi connectivity index (χ2n) is 5.60. The summed E-state index contributed by atoms with van der Waals surface area (Å²) in [6, 6.07) is 4.12. The summed E-state index contributed by atoms with van der Waals surface area (Å²) < 4.78 is 19.2. The molecule has 0 bridgehead atoms. The van der Waals surface area contributed by atoms with Crippen LogP contribution >= 0.6 is 23.4 Å². The molecule has 0 saturated carbocycles. The number of ether oxygens (including phenoxy) is 1. The molecular formula is C14H17ClFNO2S. The summed E-state index contributed by atoms with van der Waals surface area (Å²) in [5.41, 5.74) is -0.137. The number of thioether (sulfide) groups is 1. The zero-order valence-electron chi connectivity index (χ0n) is 11.6. The van der Waals surface area contributed by atoms with E-state index in [0.29, 0.717) is 16.3 Å². The minimum atomic E-state index is -0.531. The monoisotopic (exact) mass is 317 g/mol. The van der Waals surface area contributed by atoms with Crippen molar-refractivity contribution in [3.63, 3.8) is 0 Å². The van der Waals surface area contributed by atoms with Crippen molar-refractivity contribution in [3.05, 3.63) is 34.6 Å². The van der Waals surface area contributed by atoms with E-state index in [0.717, 1.165) is 0 Å². The Labute approximate surface area is 127 Å². The fourth-order valence-corrected chi connectivity index (χ4v) is 3.53. The van der Waals surface area contributed by atoms with Crippen molar-refractivity contribution in [1.82, 2.24) is 5.32 Å². The van der Waals surface area contributed by atoms with Crippen LogP contribution in [0.3, 0.4) is 0 Å². The van der Waals surface area contributed by atoms with E-state index >= 15 is 0 Å². The van der Waals surface area contributed by atoms with Crippen molar-refractivity contribution in [2.45, 2.75) is 37.8 Å². The Bertz CT molecular complexity index is 498. The number of nitrogens with one attached hydrogen (secondary N) is 1. The molecule has 0 radical (unpaired) electrons. The van der Waals surface area contributed by atoms with Gasteiger partial charge in [0.15, 0.2) is 0 Å². The molecule has 2 rings (SSSR count). The summed E-state index contributed by atoms with van der Waals surface area (Å²) in [4.78, 5) is 12.0. The minimum absolute atomic E-state index is 0.319. The molecule has 0 aromatic heterocycles. The molecule has 1 heterocycles. The van der Waals surface area contributed by atoms with E-state index in [2.05, 4.69) is 5.32 Å². The molecule has 0 amide bonds. The molecule has 3 nitrogen and oxygen atoms in total. The Morgan fingerprint density at radius 1 is 1.50 bits per heavy atom. The van der Waals surface area contributed by atoms with Crippen LogP contribution in [0, 0.1) is 5.82 Å². The highest BCUT2D eigenvalue weighted by molar-refractivity contribution is 7.99. The lowest BCUT2D eigenvalue weighted by Gasteiger charge is -2.22. The van der Waals surface area contributed by atoms with E-state index in [1.807, 2.05) is 20.8 Å². The number of halogens is 2. The number of esters is 1. The van der Waals surface area contributed by atoms with Crippen molar-refractivity contribution in [2.24, 2.45) is 0 Å². The molecule has 2 atom stereocenters. The van der Waals surface area contributed by atoms with Gasteiger partial charge in [-0.2, -0.15) is 0 Å². The highest BCUT2D eigenvalue weighted by Crippen LogP contribution is 2.38. The molecule has 1 aromatic rings. The molecular weight excluding hydrogens is 301 g/mol. The number of carbonyl (C=O) groups is 1. The lowest BCUT2D eigenvalue weighted by atomic mass is 10.2. The van der Waals surface area contributed by atoms with Gasteiger partial charge in [-0.3, -0.25) is 10.1 Å². The van der Waals surface area contributed by atoms with Gasteiger partial charge in [0.05, 0.1) is 5.37 Å². The molecule has 1 aliphatic rings. The number of hydrogen-bond acceptors (Lipinski definition) is 4. The second-order valence-corrected chi connectivity index (χ2v) is 7.15. The van der Waals surface area contributed by atoms with Crippen LogP contribution in [0.4, 0.5) is 4.39 Å². The van der Waals surface area contributed by atoms with E-state index in [-0.39, 0.29) is 17.2 Å². The topological polar surface area (TPSA) is 38.3 Å². The fourth-order valence-electron chi connectivity index (χ4n) is 1.91. The van der Waals surface area contributed by atoms with Crippen LogP contribution < -0.4 is 5.32 Å². The average Bonchev–Trinajstić information content (AvgIpc) is 2.76. The fraction of sp³-hybridized carbons (Fsp3) is 0.500. The van der Waals surface area contributed by atoms with E-state index in [4.69, 9.17) is 16.3 Å². The van der Waals surface area contributed by atoms with Crippen molar-refractivity contribution < 1.29 is 13.9 Å². The first-order valence-electron chi connectivity index (χ1n) is 6.32. The first kappa shape index (κ1) is 15.6. The van der Waals surface area contributed by atoms with Crippen molar-refractivity contribution in [2.75, 3.05) is 5.75 Å². The third kappa shape index (κ3) is 3.65. The first-order valence-corrected chi connectivity index (χ1v) is 7.75. The van der Waals surface area contributed by atoms with Crippen LogP contribution in [0.1, 0.15) is 31.7 Å². The highest BCUT2D eigenvalue weighted by Gasteiger charge is 2.35. The van der Waals surface area contributed by atoms with Gasteiger partial charge < -0.3 is 4.74 Å². The molecule has 1 N–H and O–H groups in total. The molecule has 20 heavy (non-hydrogen) atoms. The van der Waals surface area contributed by atoms with E-state index in [9.17, 15) is 9.18 Å². The van der Waals surface area contributed by atoms with Crippen LogP contribution in [0.15, 0.2) is 18.2 Å². The minimum Gasteiger partial charge on any atom is -0.459 e. The highest BCUT2D eigenvalue weighted by atomic mass is 35.5. The van der Waals surface area contributed by atoms with Crippen LogP contribution in [0.5, 0.6) is 0 Å². The maximum Gasteiger partial charge on any atom is 0.324 e. The molecule has 0 aliphatic carbocycles. The molecule has 1 fully saturated rings. The summed E-state index contributed by atoms with van der Waals surface area (Å²) in [5, 5.41) is 3.10. The van der Waals surface area contributed by atoms with E-state index in [1.54, 1.807) is 12.1 Å². The summed E-state index contributed by atoms with van der Waals surface area (Å²) in [5.74, 6) is -0.156. The van der Waals surface area contributed by atoms with Gasteiger partial charge in [0.2, 0.25) is 0 Å². The van der Waals surface area contributed by atoms with Crippen LogP contribution in [-0.2, 0) is 9.53 Å². The lowest BCUT2D eigenvalue weighted by Crippen LogP contribution is -2.39. The number of hydrogen-bond donors (Lipinski definition) is 1. The Morgan fingerprint density at radius 3 is 2.80 bits per heavy atom. The van der Waals surface area contributed by atoms with Gasteiger partial charge in [-0.25, -0.2) is 4.39 Å². The van der Waals surface area contributed by atoms with Crippen LogP contribution in [-0.4, -0.2) is 23.4 Å². The summed E-state index contributed by atoms with van der Waals surface area (Å²) in [6.45, 7) is 5.45. The van der Waals surface area contributed by atoms with Crippen LogP contribution in [0.25, 0.3) is 0 Å². The lowest BCUT2D eigenvalue weighted by molar-refractivity contribution is -0.156. The van der Waals surface area contributed by atoms with Gasteiger partial charge >= 0.3 is 5.97 Å². The average molecular weight is 318 g/mol. The van der Waals surface area contributed by atoms with E-state index in [1.165, 1.54) is 17.8 Å². The molecule has 1 aromatic carbocycles. The predicted molar refractivity (Wildman–Crippen MR) is 79.4 cm³/mol. The second kappa shape index (κ2) is 5.92. The smallest absolute Gasteiger partial charge is 0.324 e. The van der Waals surface area contributed by atoms with Crippen LogP contribution in [0.2, 0.25) is 5.02 Å². The number of benzene rings is 1. The molecule has 110 valence electrons. The van der Waals surface area contributed by atoms with Crippen molar-refractivity contribution >= 4 is 29.3 Å². The van der Waals surface area contributed by atoms with Gasteiger partial charge in [0, 0.05) is 16.3 Å². The SMILES string of the molecule is CC(C)(C)OC(=O)[C@@H]1CS[C@H](c2c(F)cccc2Cl)N1. The third-order valence-corrected chi connectivity index (χ3v) is 4.30. The Morgan fingerprint density at radius 2 is 2.20 bits per heavy atom. The van der Waals surface area contributed by atoms with Gasteiger partial charge in [-0.1, -0.05) is 17.7 Å². The van der Waals surface area contributed by atoms with Gasteiger partial charge in [-0.05, 0) is 32.9 Å². The predicted octanol–water partition coefficient (Wildman–Crippen LogP) is 3.52. The van der Waals surface area contributed by atoms with Crippen molar-refractivity contribution in [3.8, 4) is 0 Å². The Balaban J connectivity index is 2.08. The quantitative estimate of drug-likeness (QED) is 0.847. The van der Waals surface area contributed by atoms with Crippen molar-refractivity contribution in [1.29, 1.82) is 0 Å². The summed E-state index contributed by atoms with van der Waals surface area (Å²) >= 11 is 7.48. The molecule has 1 aliphatic heterocycles. The normalized spacial score (nSPS) is 22.9. The maximum atomic E-state index is 13.8. The first-order chi connectivity index (χ1) is 9.28. The Kier molecular flexibility index (Phi) is 4.62. The number of rotatable bonds is 2. The summed E-state index contributed by atoms with van der Waals surface area (Å²) in [7, 11) is 0. The third-order valence-electron chi connectivity index (χ3n) is 2.74. The molecule has 6 heteroatoms. The molecule has 0 spiro atoms. The van der Waals surface area contributed by atoms with Gasteiger partial charge in [0.25, 0.3) is 0 Å². The summed E-state index contributed by atoms with van der Waals surface area (Å²) in [6.07, 6.45) is 0. The number of carbonyl (C=O) groups excluding carboxylic acids is 1. The largest absolute Gasteiger partial charge is 0.459 e. The van der Waals surface area contributed by atoms with Gasteiger partial charge in [-0.15, -0.1) is 11.8 Å². The zero-order valence-corrected chi connectivity index (χ0v) is 13.1. The molecule has 0 unspecified atom stereocenters. The maximum absolute atomic E-state index is 13.8. The van der Waals surface area contributed by atoms with E-state index < -0.39 is 11.6 Å². The molecule has 1 saturated heterocycles. The standard InChI is InChI=1S/C14H17ClFNO2S/c1-14(2,3)19-13(18)10-7-20-12(17-10)11-8(15)5-4-6-9(11)16/h4-6,10,12,17H,7H2,1-3H3/t10-,12+/m0/s1. The van der Waals surface area contributed by atoms with Gasteiger partial charge in [0.1, 0.15) is 17.5 Å². The zero-order chi connectivity index (χ0) is 14.9.